The second-order valence-electron chi connectivity index (χ2n) is 4.76. The van der Waals surface area contributed by atoms with Gasteiger partial charge in [-0.2, -0.15) is 0 Å². The molecule has 19 heavy (non-hydrogen) atoms. The lowest BCUT2D eigenvalue weighted by molar-refractivity contribution is -0.117. The van der Waals surface area contributed by atoms with Crippen LogP contribution in [-0.2, 0) is 9.53 Å². The van der Waals surface area contributed by atoms with Crippen LogP contribution in [0.25, 0.3) is 10.9 Å². The maximum Gasteiger partial charge on any atom is 0.226 e. The summed E-state index contributed by atoms with van der Waals surface area (Å²) < 4.78 is 5.33. The number of anilines is 1. The molecule has 2 heterocycles. The zero-order chi connectivity index (χ0) is 13.1. The molecule has 5 nitrogen and oxygen atoms in total. The Labute approximate surface area is 111 Å². The zero-order valence-electron chi connectivity index (χ0n) is 10.6. The highest BCUT2D eigenvalue weighted by atomic mass is 16.5. The van der Waals surface area contributed by atoms with E-state index in [9.17, 15) is 4.79 Å². The van der Waals surface area contributed by atoms with E-state index >= 15 is 0 Å². The fourth-order valence-electron chi connectivity index (χ4n) is 2.32. The number of aromatic amines is 1. The van der Waals surface area contributed by atoms with Crippen molar-refractivity contribution in [3.63, 3.8) is 0 Å². The Morgan fingerprint density at radius 2 is 2.37 bits per heavy atom. The fourth-order valence-corrected chi connectivity index (χ4v) is 2.32. The summed E-state index contributed by atoms with van der Waals surface area (Å²) in [6.45, 7) is 2.14. The van der Waals surface area contributed by atoms with Crippen LogP contribution in [0.1, 0.15) is 6.42 Å². The van der Waals surface area contributed by atoms with E-state index in [4.69, 9.17) is 4.74 Å². The molecule has 2 aromatic rings. The molecule has 1 aromatic carbocycles. The Balaban J connectivity index is 1.61. The summed E-state index contributed by atoms with van der Waals surface area (Å²) in [5, 5.41) is 7.29. The quantitative estimate of drug-likeness (QED) is 0.782. The molecule has 0 saturated carbocycles. The highest BCUT2D eigenvalue weighted by molar-refractivity contribution is 5.94. The number of hydrogen-bond acceptors (Lipinski definition) is 3. The molecule has 0 spiro atoms. The summed E-state index contributed by atoms with van der Waals surface area (Å²) in [7, 11) is 0. The van der Waals surface area contributed by atoms with Gasteiger partial charge in [-0.25, -0.2) is 0 Å². The minimum atomic E-state index is 0.0119. The van der Waals surface area contributed by atoms with Gasteiger partial charge in [0, 0.05) is 41.8 Å². The van der Waals surface area contributed by atoms with Crippen LogP contribution in [0.4, 0.5) is 5.69 Å². The summed E-state index contributed by atoms with van der Waals surface area (Å²) in [5.41, 5.74) is 1.90. The minimum Gasteiger partial charge on any atom is -0.378 e. The number of amides is 1. The van der Waals surface area contributed by atoms with E-state index in [0.717, 1.165) is 29.7 Å². The predicted molar refractivity (Wildman–Crippen MR) is 74.2 cm³/mol. The Morgan fingerprint density at radius 1 is 1.42 bits per heavy atom. The number of benzene rings is 1. The molecule has 0 bridgehead atoms. The minimum absolute atomic E-state index is 0.0119. The second-order valence-corrected chi connectivity index (χ2v) is 4.76. The summed E-state index contributed by atoms with van der Waals surface area (Å²) in [4.78, 5) is 15.1. The first-order valence-electron chi connectivity index (χ1n) is 6.49. The third-order valence-corrected chi connectivity index (χ3v) is 3.27. The standard InChI is InChI=1S/C14H17N3O2/c18-14(8-12-9-19-6-5-15-12)17-11-1-2-13-10(7-11)3-4-16-13/h1-4,7,12,15-16H,5-6,8-9H2,(H,17,18). The van der Waals surface area contributed by atoms with Crippen LogP contribution in [0.5, 0.6) is 0 Å². The summed E-state index contributed by atoms with van der Waals surface area (Å²) in [6.07, 6.45) is 2.32. The van der Waals surface area contributed by atoms with Gasteiger partial charge < -0.3 is 20.4 Å². The molecular formula is C14H17N3O2. The van der Waals surface area contributed by atoms with Crippen molar-refractivity contribution in [1.29, 1.82) is 0 Å². The molecule has 1 aliphatic heterocycles. The molecule has 1 amide bonds. The number of morpholine rings is 1. The number of carbonyl (C=O) groups is 1. The average Bonchev–Trinajstić information content (AvgIpc) is 2.87. The summed E-state index contributed by atoms with van der Waals surface area (Å²) in [5.74, 6) is 0.0119. The molecule has 1 saturated heterocycles. The lowest BCUT2D eigenvalue weighted by Crippen LogP contribution is -2.43. The largest absolute Gasteiger partial charge is 0.378 e. The van der Waals surface area contributed by atoms with Crippen molar-refractivity contribution >= 4 is 22.5 Å². The van der Waals surface area contributed by atoms with Gasteiger partial charge in [-0.3, -0.25) is 4.79 Å². The Bertz CT molecular complexity index is 573. The number of ether oxygens (including phenoxy) is 1. The number of nitrogens with one attached hydrogen (secondary N) is 3. The normalized spacial score (nSPS) is 19.5. The Kier molecular flexibility index (Phi) is 3.48. The number of aromatic nitrogens is 1. The fraction of sp³-hybridized carbons (Fsp3) is 0.357. The molecule has 100 valence electrons. The molecule has 1 atom stereocenters. The van der Waals surface area contributed by atoms with Crippen molar-refractivity contribution in [2.24, 2.45) is 0 Å². The van der Waals surface area contributed by atoms with Crippen molar-refractivity contribution in [2.75, 3.05) is 25.1 Å². The van der Waals surface area contributed by atoms with Crippen LogP contribution in [0, 0.1) is 0 Å². The van der Waals surface area contributed by atoms with Gasteiger partial charge in [0.1, 0.15) is 0 Å². The van der Waals surface area contributed by atoms with E-state index in [1.807, 2.05) is 30.5 Å². The molecule has 0 radical (unpaired) electrons. The van der Waals surface area contributed by atoms with Crippen molar-refractivity contribution in [3.8, 4) is 0 Å². The molecule has 1 aliphatic rings. The highest BCUT2D eigenvalue weighted by Gasteiger charge is 2.16. The van der Waals surface area contributed by atoms with Crippen molar-refractivity contribution in [2.45, 2.75) is 12.5 Å². The average molecular weight is 259 g/mol. The van der Waals surface area contributed by atoms with Gasteiger partial charge in [0.2, 0.25) is 5.91 Å². The van der Waals surface area contributed by atoms with E-state index in [-0.39, 0.29) is 11.9 Å². The predicted octanol–water partition coefficient (Wildman–Crippen LogP) is 1.48. The van der Waals surface area contributed by atoms with Gasteiger partial charge in [-0.15, -0.1) is 0 Å². The van der Waals surface area contributed by atoms with E-state index < -0.39 is 0 Å². The Morgan fingerprint density at radius 3 is 3.21 bits per heavy atom. The Hall–Kier alpha value is -1.85. The van der Waals surface area contributed by atoms with Gasteiger partial charge in [-0.05, 0) is 24.3 Å². The van der Waals surface area contributed by atoms with E-state index in [1.54, 1.807) is 0 Å². The summed E-state index contributed by atoms with van der Waals surface area (Å²) in [6, 6.07) is 7.94. The third kappa shape index (κ3) is 2.94. The first kappa shape index (κ1) is 12.2. The van der Waals surface area contributed by atoms with E-state index in [1.165, 1.54) is 0 Å². The summed E-state index contributed by atoms with van der Waals surface area (Å²) >= 11 is 0. The van der Waals surface area contributed by atoms with Crippen LogP contribution in [-0.4, -0.2) is 36.7 Å². The monoisotopic (exact) mass is 259 g/mol. The third-order valence-electron chi connectivity index (χ3n) is 3.27. The first-order chi connectivity index (χ1) is 9.31. The van der Waals surface area contributed by atoms with Crippen LogP contribution >= 0.6 is 0 Å². The molecule has 3 N–H and O–H groups in total. The van der Waals surface area contributed by atoms with Crippen molar-refractivity contribution in [3.05, 3.63) is 30.5 Å². The van der Waals surface area contributed by atoms with Gasteiger partial charge >= 0.3 is 0 Å². The lowest BCUT2D eigenvalue weighted by atomic mass is 10.2. The SMILES string of the molecule is O=C(CC1COCCN1)Nc1ccc2[nH]ccc2c1. The molecule has 5 heteroatoms. The van der Waals surface area contributed by atoms with Crippen molar-refractivity contribution in [1.82, 2.24) is 10.3 Å². The van der Waals surface area contributed by atoms with E-state index in [2.05, 4.69) is 15.6 Å². The van der Waals surface area contributed by atoms with Crippen LogP contribution < -0.4 is 10.6 Å². The molecule has 3 rings (SSSR count). The number of carbonyl (C=O) groups excluding carboxylic acids is 1. The number of H-pyrrole nitrogens is 1. The van der Waals surface area contributed by atoms with Gasteiger partial charge in [0.15, 0.2) is 0 Å². The first-order valence-corrected chi connectivity index (χ1v) is 6.49. The molecule has 0 aliphatic carbocycles. The lowest BCUT2D eigenvalue weighted by Gasteiger charge is -2.23. The van der Waals surface area contributed by atoms with Gasteiger partial charge in [-0.1, -0.05) is 0 Å². The number of fused-ring (bicyclic) bond motifs is 1. The van der Waals surface area contributed by atoms with E-state index in [0.29, 0.717) is 13.0 Å². The van der Waals surface area contributed by atoms with Crippen LogP contribution in [0.2, 0.25) is 0 Å². The smallest absolute Gasteiger partial charge is 0.226 e. The second kappa shape index (κ2) is 5.42. The van der Waals surface area contributed by atoms with Crippen LogP contribution in [0.3, 0.4) is 0 Å². The molecule has 1 fully saturated rings. The topological polar surface area (TPSA) is 66.2 Å². The van der Waals surface area contributed by atoms with Crippen molar-refractivity contribution < 1.29 is 9.53 Å². The number of hydrogen-bond donors (Lipinski definition) is 3. The number of rotatable bonds is 3. The highest BCUT2D eigenvalue weighted by Crippen LogP contribution is 2.18. The molecule has 1 aromatic heterocycles. The molecule has 1 unspecified atom stereocenters. The van der Waals surface area contributed by atoms with Gasteiger partial charge in [0.05, 0.1) is 13.2 Å². The zero-order valence-corrected chi connectivity index (χ0v) is 10.6. The van der Waals surface area contributed by atoms with Crippen LogP contribution in [0.15, 0.2) is 30.5 Å². The maximum absolute atomic E-state index is 11.9. The maximum atomic E-state index is 11.9. The van der Waals surface area contributed by atoms with Gasteiger partial charge in [0.25, 0.3) is 0 Å². The molecular weight excluding hydrogens is 242 g/mol.